The van der Waals surface area contributed by atoms with Gasteiger partial charge in [-0.05, 0) is 19.8 Å². The summed E-state index contributed by atoms with van der Waals surface area (Å²) in [4.78, 5) is 20.2. The largest absolute Gasteiger partial charge is 0.369 e. The van der Waals surface area contributed by atoms with E-state index in [-0.39, 0.29) is 23.8 Å². The minimum Gasteiger partial charge on any atom is -0.369 e. The molecule has 0 amide bonds. The zero-order valence-electron chi connectivity index (χ0n) is 9.56. The van der Waals surface area contributed by atoms with Crippen molar-refractivity contribution >= 4 is 17.5 Å². The highest BCUT2D eigenvalue weighted by atomic mass is 16.5. The third-order valence-electron chi connectivity index (χ3n) is 3.17. The fraction of sp³-hybridized carbons (Fsp3) is 0.600. The van der Waals surface area contributed by atoms with Crippen LogP contribution < -0.4 is 21.5 Å². The lowest BCUT2D eigenvalue weighted by Gasteiger charge is -2.24. The molecule has 7 nitrogen and oxygen atoms in total. The molecule has 17 heavy (non-hydrogen) atoms. The van der Waals surface area contributed by atoms with E-state index in [4.69, 9.17) is 10.5 Å². The summed E-state index contributed by atoms with van der Waals surface area (Å²) in [5.74, 6) is 0.721. The Morgan fingerprint density at radius 3 is 3.06 bits per heavy atom. The topological polar surface area (TPSA) is 96.3 Å². The molecule has 3 heterocycles. The van der Waals surface area contributed by atoms with E-state index in [1.807, 2.05) is 11.8 Å². The van der Waals surface area contributed by atoms with Crippen molar-refractivity contribution in [3.05, 3.63) is 10.4 Å². The van der Waals surface area contributed by atoms with Crippen LogP contribution in [0.1, 0.15) is 19.8 Å². The van der Waals surface area contributed by atoms with Crippen LogP contribution in [0.4, 0.5) is 17.5 Å². The Hall–Kier alpha value is -1.76. The molecule has 2 atom stereocenters. The molecule has 7 heteroatoms. The van der Waals surface area contributed by atoms with E-state index < -0.39 is 0 Å². The quantitative estimate of drug-likeness (QED) is 0.639. The van der Waals surface area contributed by atoms with Crippen LogP contribution in [0.15, 0.2) is 4.79 Å². The zero-order valence-corrected chi connectivity index (χ0v) is 9.56. The first-order valence-corrected chi connectivity index (χ1v) is 5.71. The van der Waals surface area contributed by atoms with E-state index in [9.17, 15) is 4.79 Å². The Bertz CT molecular complexity index is 500. The number of fused-ring (bicyclic) bond motifs is 1. The van der Waals surface area contributed by atoms with Crippen LogP contribution in [0.5, 0.6) is 0 Å². The Morgan fingerprint density at radius 1 is 1.53 bits per heavy atom. The average Bonchev–Trinajstić information content (AvgIpc) is 2.83. The first-order chi connectivity index (χ1) is 8.15. The van der Waals surface area contributed by atoms with Gasteiger partial charge in [-0.1, -0.05) is 0 Å². The van der Waals surface area contributed by atoms with Gasteiger partial charge in [-0.25, -0.2) is 0 Å². The predicted molar refractivity (Wildman–Crippen MR) is 63.8 cm³/mol. The Balaban J connectivity index is 1.96. The van der Waals surface area contributed by atoms with Crippen molar-refractivity contribution in [2.24, 2.45) is 0 Å². The molecule has 2 aliphatic rings. The summed E-state index contributed by atoms with van der Waals surface area (Å²) >= 11 is 0. The fourth-order valence-corrected chi connectivity index (χ4v) is 2.33. The van der Waals surface area contributed by atoms with E-state index in [0.717, 1.165) is 12.8 Å². The van der Waals surface area contributed by atoms with E-state index in [2.05, 4.69) is 15.3 Å². The van der Waals surface area contributed by atoms with Gasteiger partial charge in [-0.15, -0.1) is 0 Å². The number of aromatic nitrogens is 2. The zero-order chi connectivity index (χ0) is 12.0. The summed E-state index contributed by atoms with van der Waals surface area (Å²) in [6.07, 6.45) is 2.20. The molecule has 0 saturated carbocycles. The molecule has 1 saturated heterocycles. The van der Waals surface area contributed by atoms with Crippen LogP contribution in [0.2, 0.25) is 0 Å². The maximum atomic E-state index is 11.7. The Morgan fingerprint density at radius 2 is 2.35 bits per heavy atom. The summed E-state index contributed by atoms with van der Waals surface area (Å²) in [5, 5.41) is 3.02. The van der Waals surface area contributed by atoms with E-state index in [0.29, 0.717) is 18.2 Å². The molecule has 4 N–H and O–H groups in total. The summed E-state index contributed by atoms with van der Waals surface area (Å²) in [7, 11) is 0. The highest BCUT2D eigenvalue weighted by Crippen LogP contribution is 2.32. The first-order valence-electron chi connectivity index (χ1n) is 5.71. The van der Waals surface area contributed by atoms with E-state index in [1.165, 1.54) is 0 Å². The van der Waals surface area contributed by atoms with Crippen molar-refractivity contribution in [2.45, 2.75) is 32.1 Å². The van der Waals surface area contributed by atoms with Gasteiger partial charge < -0.3 is 20.7 Å². The lowest BCUT2D eigenvalue weighted by molar-refractivity contribution is 0.0550. The Kier molecular flexibility index (Phi) is 2.22. The smallest absolute Gasteiger partial charge is 0.277 e. The highest BCUT2D eigenvalue weighted by molar-refractivity contribution is 5.70. The molecule has 1 unspecified atom stereocenters. The van der Waals surface area contributed by atoms with E-state index in [1.54, 1.807) is 0 Å². The van der Waals surface area contributed by atoms with Crippen molar-refractivity contribution in [3.8, 4) is 0 Å². The molecular formula is C10H15N5O2. The monoisotopic (exact) mass is 237 g/mol. The minimum atomic E-state index is -0.235. The van der Waals surface area contributed by atoms with E-state index >= 15 is 0 Å². The number of nitrogens with zero attached hydrogens (tertiary/aromatic N) is 2. The molecule has 0 spiro atoms. The lowest BCUT2D eigenvalue weighted by Crippen LogP contribution is -2.35. The average molecular weight is 237 g/mol. The highest BCUT2D eigenvalue weighted by Gasteiger charge is 2.34. The van der Waals surface area contributed by atoms with Crippen LogP contribution in [-0.4, -0.2) is 29.0 Å². The first kappa shape index (κ1) is 10.4. The van der Waals surface area contributed by atoms with Crippen molar-refractivity contribution in [1.29, 1.82) is 0 Å². The molecule has 92 valence electrons. The normalized spacial score (nSPS) is 27.0. The molecule has 3 rings (SSSR count). The molecule has 2 aliphatic heterocycles. The molecule has 1 aromatic rings. The van der Waals surface area contributed by atoms with Crippen LogP contribution >= 0.6 is 0 Å². The van der Waals surface area contributed by atoms with Crippen molar-refractivity contribution in [1.82, 2.24) is 9.97 Å². The number of hydrogen-bond acceptors (Lipinski definition) is 6. The second-order valence-electron chi connectivity index (χ2n) is 4.43. The third kappa shape index (κ3) is 1.62. The Labute approximate surface area is 98.0 Å². The van der Waals surface area contributed by atoms with Crippen molar-refractivity contribution in [2.75, 3.05) is 22.6 Å². The number of rotatable bonds is 1. The van der Waals surface area contributed by atoms with Crippen LogP contribution in [0.25, 0.3) is 0 Å². The number of ether oxygens (including phenoxy) is 1. The number of aromatic amines is 1. The number of hydrogen-bond donors (Lipinski definition) is 3. The van der Waals surface area contributed by atoms with Gasteiger partial charge in [0.25, 0.3) is 5.56 Å². The number of H-pyrrole nitrogens is 1. The van der Waals surface area contributed by atoms with Gasteiger partial charge >= 0.3 is 0 Å². The molecule has 1 aromatic heterocycles. The second kappa shape index (κ2) is 3.63. The number of nitrogens with one attached hydrogen (secondary N) is 2. The second-order valence-corrected chi connectivity index (χ2v) is 4.43. The minimum absolute atomic E-state index is 0.0209. The van der Waals surface area contributed by atoms with Gasteiger partial charge in [0, 0.05) is 0 Å². The maximum absolute atomic E-state index is 11.7. The standard InChI is InChI=1S/C10H15N5O2/c1-5-2-3-6(17-5)15-4-12-7-8(15)13-10(11)14-9(7)16/h5-6,12H,2-4H2,1H3,(H3,11,13,14,16)/t5-,6?/m1/s1. The molecule has 1 fully saturated rings. The summed E-state index contributed by atoms with van der Waals surface area (Å²) in [6, 6.07) is 0. The summed E-state index contributed by atoms with van der Waals surface area (Å²) < 4.78 is 5.77. The van der Waals surface area contributed by atoms with Gasteiger partial charge in [0.15, 0.2) is 5.82 Å². The van der Waals surface area contributed by atoms with Crippen LogP contribution in [-0.2, 0) is 4.74 Å². The SMILES string of the molecule is C[C@@H]1CCC(N2CNc3c2nc(N)[nH]c3=O)O1. The number of nitrogen functional groups attached to an aromatic ring is 1. The summed E-state index contributed by atoms with van der Waals surface area (Å²) in [6.45, 7) is 2.58. The molecule has 0 radical (unpaired) electrons. The number of anilines is 3. The van der Waals surface area contributed by atoms with Gasteiger partial charge in [-0.3, -0.25) is 9.78 Å². The fourth-order valence-electron chi connectivity index (χ4n) is 2.33. The van der Waals surface area contributed by atoms with Gasteiger partial charge in [0.2, 0.25) is 5.95 Å². The lowest BCUT2D eigenvalue weighted by atomic mass is 10.2. The van der Waals surface area contributed by atoms with Crippen LogP contribution in [0, 0.1) is 0 Å². The maximum Gasteiger partial charge on any atom is 0.277 e. The third-order valence-corrected chi connectivity index (χ3v) is 3.17. The molecule has 0 aliphatic carbocycles. The van der Waals surface area contributed by atoms with Crippen molar-refractivity contribution in [3.63, 3.8) is 0 Å². The van der Waals surface area contributed by atoms with Gasteiger partial charge in [0.05, 0.1) is 12.8 Å². The molecular weight excluding hydrogens is 222 g/mol. The van der Waals surface area contributed by atoms with Crippen molar-refractivity contribution < 1.29 is 4.74 Å². The molecule has 0 aromatic carbocycles. The predicted octanol–water partition coefficient (Wildman–Crippen LogP) is 0.0665. The van der Waals surface area contributed by atoms with Gasteiger partial charge in [0.1, 0.15) is 11.9 Å². The van der Waals surface area contributed by atoms with Crippen LogP contribution in [0.3, 0.4) is 0 Å². The molecule has 0 bridgehead atoms. The van der Waals surface area contributed by atoms with Gasteiger partial charge in [-0.2, -0.15) is 4.98 Å². The number of nitrogens with two attached hydrogens (primary N) is 1. The summed E-state index contributed by atoms with van der Waals surface area (Å²) in [5.41, 5.74) is 5.80.